The Bertz CT molecular complexity index is 1030. The molecule has 0 saturated carbocycles. The molecule has 0 atom stereocenters. The third-order valence-corrected chi connectivity index (χ3v) is 5.45. The minimum atomic E-state index is -3.75. The van der Waals surface area contributed by atoms with Gasteiger partial charge in [0, 0.05) is 10.7 Å². The van der Waals surface area contributed by atoms with Crippen molar-refractivity contribution >= 4 is 33.0 Å². The van der Waals surface area contributed by atoms with Gasteiger partial charge in [-0.05, 0) is 65.4 Å². The predicted octanol–water partition coefficient (Wildman–Crippen LogP) is 2.04. The standard InChI is InChI=1S/C16H14ClN5O3S/c1-11-8-13(4-7-15(11)22-10-18-20-21-22)19-16(23)9-26(24,25)14-5-2-12(17)3-6-14/h2-8,10H,9H2,1H3,(H,19,23). The van der Waals surface area contributed by atoms with Crippen LogP contribution in [-0.2, 0) is 14.6 Å². The predicted molar refractivity (Wildman–Crippen MR) is 96.0 cm³/mol. The molecule has 0 saturated heterocycles. The molecule has 0 aliphatic heterocycles. The SMILES string of the molecule is Cc1cc(NC(=O)CS(=O)(=O)c2ccc(Cl)cc2)ccc1-n1cnnn1. The highest BCUT2D eigenvalue weighted by Crippen LogP contribution is 2.19. The largest absolute Gasteiger partial charge is 0.325 e. The molecule has 1 N–H and O–H groups in total. The molecule has 1 aromatic heterocycles. The lowest BCUT2D eigenvalue weighted by molar-refractivity contribution is -0.113. The summed E-state index contributed by atoms with van der Waals surface area (Å²) in [5.74, 6) is -1.29. The molecule has 0 aliphatic rings. The number of nitrogens with one attached hydrogen (secondary N) is 1. The lowest BCUT2D eigenvalue weighted by atomic mass is 10.2. The second kappa shape index (κ2) is 7.22. The monoisotopic (exact) mass is 391 g/mol. The van der Waals surface area contributed by atoms with E-state index >= 15 is 0 Å². The van der Waals surface area contributed by atoms with Gasteiger partial charge in [0.2, 0.25) is 5.91 Å². The first-order chi connectivity index (χ1) is 12.3. The number of hydrogen-bond acceptors (Lipinski definition) is 6. The molecule has 3 rings (SSSR count). The Hall–Kier alpha value is -2.78. The van der Waals surface area contributed by atoms with E-state index in [-0.39, 0.29) is 4.90 Å². The van der Waals surface area contributed by atoms with Gasteiger partial charge in [-0.15, -0.1) is 5.10 Å². The number of aromatic nitrogens is 4. The number of anilines is 1. The van der Waals surface area contributed by atoms with Crippen molar-refractivity contribution in [2.45, 2.75) is 11.8 Å². The first-order valence-electron chi connectivity index (χ1n) is 7.47. The quantitative estimate of drug-likeness (QED) is 0.713. The van der Waals surface area contributed by atoms with Crippen molar-refractivity contribution in [2.75, 3.05) is 11.1 Å². The highest BCUT2D eigenvalue weighted by atomic mass is 35.5. The number of benzene rings is 2. The van der Waals surface area contributed by atoms with Gasteiger partial charge in [-0.3, -0.25) is 4.79 Å². The number of tetrazole rings is 1. The van der Waals surface area contributed by atoms with Gasteiger partial charge in [-0.2, -0.15) is 0 Å². The molecule has 0 spiro atoms. The molecular formula is C16H14ClN5O3S. The molecular weight excluding hydrogens is 378 g/mol. The molecule has 26 heavy (non-hydrogen) atoms. The number of hydrogen-bond donors (Lipinski definition) is 1. The fraction of sp³-hybridized carbons (Fsp3) is 0.125. The zero-order valence-corrected chi connectivity index (χ0v) is 15.2. The van der Waals surface area contributed by atoms with Crippen LogP contribution in [0.4, 0.5) is 5.69 Å². The summed E-state index contributed by atoms with van der Waals surface area (Å²) in [4.78, 5) is 12.2. The average molecular weight is 392 g/mol. The first kappa shape index (κ1) is 18.0. The molecule has 10 heteroatoms. The van der Waals surface area contributed by atoms with Crippen LogP contribution in [0.15, 0.2) is 53.7 Å². The summed E-state index contributed by atoms with van der Waals surface area (Å²) in [6.07, 6.45) is 1.46. The van der Waals surface area contributed by atoms with Gasteiger partial charge in [-0.25, -0.2) is 13.1 Å². The van der Waals surface area contributed by atoms with Gasteiger partial charge in [0.25, 0.3) is 0 Å². The molecule has 1 heterocycles. The molecule has 1 amide bonds. The smallest absolute Gasteiger partial charge is 0.239 e. The van der Waals surface area contributed by atoms with Gasteiger partial charge in [0.05, 0.1) is 10.6 Å². The van der Waals surface area contributed by atoms with E-state index in [1.165, 1.54) is 35.3 Å². The van der Waals surface area contributed by atoms with Gasteiger partial charge in [0.15, 0.2) is 9.84 Å². The van der Waals surface area contributed by atoms with Crippen molar-refractivity contribution < 1.29 is 13.2 Å². The van der Waals surface area contributed by atoms with Crippen molar-refractivity contribution in [3.63, 3.8) is 0 Å². The third-order valence-electron chi connectivity index (χ3n) is 3.57. The number of carbonyl (C=O) groups excluding carboxylic acids is 1. The Kier molecular flexibility index (Phi) is 5.01. The summed E-state index contributed by atoms with van der Waals surface area (Å²) in [7, 11) is -3.75. The number of rotatable bonds is 5. The van der Waals surface area contributed by atoms with Crippen LogP contribution in [0.5, 0.6) is 0 Å². The zero-order valence-electron chi connectivity index (χ0n) is 13.6. The van der Waals surface area contributed by atoms with E-state index in [0.717, 1.165) is 11.3 Å². The first-order valence-corrected chi connectivity index (χ1v) is 9.50. The van der Waals surface area contributed by atoms with Crippen molar-refractivity contribution in [3.05, 3.63) is 59.4 Å². The topological polar surface area (TPSA) is 107 Å². The highest BCUT2D eigenvalue weighted by molar-refractivity contribution is 7.92. The third kappa shape index (κ3) is 4.06. The Balaban J connectivity index is 1.72. The second-order valence-corrected chi connectivity index (χ2v) is 7.94. The summed E-state index contributed by atoms with van der Waals surface area (Å²) in [5, 5.41) is 14.0. The minimum Gasteiger partial charge on any atom is -0.325 e. The van der Waals surface area contributed by atoms with Crippen molar-refractivity contribution in [1.29, 1.82) is 0 Å². The summed E-state index contributed by atoms with van der Waals surface area (Å²) < 4.78 is 26.1. The van der Waals surface area contributed by atoms with Crippen LogP contribution in [-0.4, -0.2) is 40.3 Å². The number of carbonyl (C=O) groups is 1. The van der Waals surface area contributed by atoms with E-state index in [0.29, 0.717) is 10.7 Å². The van der Waals surface area contributed by atoms with Gasteiger partial charge in [0.1, 0.15) is 12.1 Å². The molecule has 3 aromatic rings. The summed E-state index contributed by atoms with van der Waals surface area (Å²) >= 11 is 5.75. The molecule has 0 radical (unpaired) electrons. The lowest BCUT2D eigenvalue weighted by Gasteiger charge is -2.10. The van der Waals surface area contributed by atoms with E-state index in [1.54, 1.807) is 18.2 Å². The minimum absolute atomic E-state index is 0.0438. The molecule has 0 aliphatic carbocycles. The highest BCUT2D eigenvalue weighted by Gasteiger charge is 2.19. The second-order valence-electron chi connectivity index (χ2n) is 5.52. The fourth-order valence-corrected chi connectivity index (χ4v) is 3.62. The van der Waals surface area contributed by atoms with Crippen molar-refractivity contribution in [1.82, 2.24) is 20.2 Å². The van der Waals surface area contributed by atoms with Crippen LogP contribution in [0.1, 0.15) is 5.56 Å². The Morgan fingerprint density at radius 1 is 1.19 bits per heavy atom. The summed E-state index contributed by atoms with van der Waals surface area (Å²) in [5.41, 5.74) is 2.05. The van der Waals surface area contributed by atoms with Crippen LogP contribution >= 0.6 is 11.6 Å². The van der Waals surface area contributed by atoms with Crippen LogP contribution in [0, 0.1) is 6.92 Å². The van der Waals surface area contributed by atoms with E-state index in [1.807, 2.05) is 6.92 Å². The van der Waals surface area contributed by atoms with Crippen LogP contribution in [0.3, 0.4) is 0 Å². The number of aryl methyl sites for hydroxylation is 1. The number of sulfone groups is 1. The van der Waals surface area contributed by atoms with E-state index in [2.05, 4.69) is 20.8 Å². The lowest BCUT2D eigenvalue weighted by Crippen LogP contribution is -2.23. The van der Waals surface area contributed by atoms with E-state index in [4.69, 9.17) is 11.6 Å². The average Bonchev–Trinajstić information content (AvgIpc) is 3.09. The maximum absolute atomic E-state index is 12.3. The van der Waals surface area contributed by atoms with E-state index < -0.39 is 21.5 Å². The molecule has 134 valence electrons. The number of halogens is 1. The Morgan fingerprint density at radius 2 is 1.92 bits per heavy atom. The van der Waals surface area contributed by atoms with E-state index in [9.17, 15) is 13.2 Å². The number of amides is 1. The zero-order chi connectivity index (χ0) is 18.7. The van der Waals surface area contributed by atoms with Crippen molar-refractivity contribution in [3.8, 4) is 5.69 Å². The molecule has 2 aromatic carbocycles. The molecule has 0 fully saturated rings. The maximum atomic E-state index is 12.3. The molecule has 8 nitrogen and oxygen atoms in total. The Labute approximate surface area is 154 Å². The number of nitrogens with zero attached hydrogens (tertiary/aromatic N) is 4. The normalized spacial score (nSPS) is 11.3. The maximum Gasteiger partial charge on any atom is 0.239 e. The van der Waals surface area contributed by atoms with Crippen LogP contribution in [0.2, 0.25) is 5.02 Å². The van der Waals surface area contributed by atoms with Gasteiger partial charge in [-0.1, -0.05) is 11.6 Å². The summed E-state index contributed by atoms with van der Waals surface area (Å²) in [6.45, 7) is 1.83. The summed E-state index contributed by atoms with van der Waals surface area (Å²) in [6, 6.07) is 10.8. The molecule has 0 bridgehead atoms. The van der Waals surface area contributed by atoms with Crippen LogP contribution in [0.25, 0.3) is 5.69 Å². The van der Waals surface area contributed by atoms with Gasteiger partial charge >= 0.3 is 0 Å². The van der Waals surface area contributed by atoms with Crippen LogP contribution < -0.4 is 5.32 Å². The fourth-order valence-electron chi connectivity index (χ4n) is 2.36. The Morgan fingerprint density at radius 3 is 2.54 bits per heavy atom. The van der Waals surface area contributed by atoms with Crippen molar-refractivity contribution in [2.24, 2.45) is 0 Å². The van der Waals surface area contributed by atoms with Gasteiger partial charge < -0.3 is 5.32 Å². The molecule has 0 unspecified atom stereocenters.